The highest BCUT2D eigenvalue weighted by molar-refractivity contribution is 6.35. The molecule has 0 aliphatic carbocycles. The van der Waals surface area contributed by atoms with E-state index in [1.807, 2.05) is 49.7 Å². The fourth-order valence-corrected chi connectivity index (χ4v) is 3.39. The molecule has 0 radical (unpaired) electrons. The molecule has 136 valence electrons. The fourth-order valence-electron chi connectivity index (χ4n) is 3.13. The van der Waals surface area contributed by atoms with Gasteiger partial charge < -0.3 is 15.0 Å². The van der Waals surface area contributed by atoms with Gasteiger partial charge in [0.1, 0.15) is 5.82 Å². The van der Waals surface area contributed by atoms with E-state index in [1.54, 1.807) is 12.3 Å². The van der Waals surface area contributed by atoms with Gasteiger partial charge in [0.05, 0.1) is 10.5 Å². The van der Waals surface area contributed by atoms with Gasteiger partial charge in [0.2, 0.25) is 0 Å². The Bertz CT molecular complexity index is 965. The van der Waals surface area contributed by atoms with Crippen LogP contribution in [0.1, 0.15) is 41.3 Å². The molecule has 5 nitrogen and oxygen atoms in total. The molecule has 6 heteroatoms. The fraction of sp³-hybridized carbons (Fsp3) is 0.300. The van der Waals surface area contributed by atoms with Crippen LogP contribution in [0.4, 0.5) is 5.82 Å². The molecule has 0 fully saturated rings. The molecular formula is C20H22ClN3O2. The van der Waals surface area contributed by atoms with Crippen LogP contribution in [0.15, 0.2) is 36.7 Å². The summed E-state index contributed by atoms with van der Waals surface area (Å²) in [7, 11) is 0. The average molecular weight is 372 g/mol. The predicted molar refractivity (Wildman–Crippen MR) is 105 cm³/mol. The molecule has 0 saturated carbocycles. The molecule has 2 aromatic heterocycles. The zero-order valence-corrected chi connectivity index (χ0v) is 15.8. The number of carbonyl (C=O) groups is 1. The molecule has 0 spiro atoms. The van der Waals surface area contributed by atoms with Gasteiger partial charge in [-0.05, 0) is 37.1 Å². The van der Waals surface area contributed by atoms with E-state index in [-0.39, 0.29) is 18.4 Å². The van der Waals surface area contributed by atoms with Crippen molar-refractivity contribution in [2.45, 2.75) is 33.2 Å². The first-order chi connectivity index (χ1) is 12.4. The number of fused-ring (bicyclic) bond motifs is 1. The Hall–Kier alpha value is -2.37. The lowest BCUT2D eigenvalue weighted by atomic mass is 9.95. The normalized spacial score (nSPS) is 12.3. The number of benzene rings is 1. The Labute approximate surface area is 157 Å². The summed E-state index contributed by atoms with van der Waals surface area (Å²) in [6.07, 6.45) is 3.54. The monoisotopic (exact) mass is 371 g/mol. The van der Waals surface area contributed by atoms with Crippen LogP contribution in [0.3, 0.4) is 0 Å². The first-order valence-electron chi connectivity index (χ1n) is 8.61. The number of aromatic nitrogens is 2. The zero-order valence-electron chi connectivity index (χ0n) is 15.1. The van der Waals surface area contributed by atoms with E-state index in [0.717, 1.165) is 28.6 Å². The lowest BCUT2D eigenvalue weighted by Crippen LogP contribution is -2.14. The second kappa shape index (κ2) is 7.48. The molecule has 0 aliphatic rings. The Morgan fingerprint density at radius 1 is 1.38 bits per heavy atom. The van der Waals surface area contributed by atoms with E-state index in [2.05, 4.69) is 10.3 Å². The maximum Gasteiger partial charge on any atom is 0.256 e. The van der Waals surface area contributed by atoms with Crippen LogP contribution in [-0.4, -0.2) is 27.2 Å². The first kappa shape index (κ1) is 18.4. The maximum atomic E-state index is 12.6. The van der Waals surface area contributed by atoms with E-state index in [9.17, 15) is 9.90 Å². The molecule has 2 heterocycles. The van der Waals surface area contributed by atoms with Gasteiger partial charge in [0.15, 0.2) is 0 Å². The molecule has 1 amide bonds. The van der Waals surface area contributed by atoms with Crippen molar-refractivity contribution < 1.29 is 9.90 Å². The van der Waals surface area contributed by atoms with Crippen molar-refractivity contribution in [2.24, 2.45) is 0 Å². The number of anilines is 1. The molecule has 0 bridgehead atoms. The number of nitrogens with one attached hydrogen (secondary N) is 1. The number of aliphatic hydroxyl groups excluding tert-OH is 1. The third kappa shape index (κ3) is 3.45. The Balaban J connectivity index is 1.86. The first-order valence-corrected chi connectivity index (χ1v) is 8.99. The van der Waals surface area contributed by atoms with Crippen molar-refractivity contribution in [3.05, 3.63) is 58.4 Å². The van der Waals surface area contributed by atoms with Crippen LogP contribution in [0.5, 0.6) is 0 Å². The van der Waals surface area contributed by atoms with Crippen molar-refractivity contribution in [1.82, 2.24) is 9.55 Å². The van der Waals surface area contributed by atoms with E-state index >= 15 is 0 Å². The highest BCUT2D eigenvalue weighted by Crippen LogP contribution is 2.27. The summed E-state index contributed by atoms with van der Waals surface area (Å²) in [5.74, 6) is 0.309. The summed E-state index contributed by atoms with van der Waals surface area (Å²) in [5.41, 5.74) is 3.52. The number of rotatable bonds is 5. The zero-order chi connectivity index (χ0) is 18.8. The molecule has 0 aliphatic heterocycles. The average Bonchev–Trinajstić information content (AvgIpc) is 2.96. The van der Waals surface area contributed by atoms with Gasteiger partial charge in [-0.25, -0.2) is 4.98 Å². The quantitative estimate of drug-likeness (QED) is 0.700. The van der Waals surface area contributed by atoms with Crippen molar-refractivity contribution >= 4 is 34.2 Å². The third-order valence-corrected chi connectivity index (χ3v) is 4.94. The lowest BCUT2D eigenvalue weighted by Gasteiger charge is -2.13. The molecule has 3 rings (SSSR count). The highest BCUT2D eigenvalue weighted by Gasteiger charge is 2.13. The van der Waals surface area contributed by atoms with Gasteiger partial charge in [-0.2, -0.15) is 0 Å². The second-order valence-electron chi connectivity index (χ2n) is 6.46. The smallest absolute Gasteiger partial charge is 0.256 e. The van der Waals surface area contributed by atoms with Crippen LogP contribution < -0.4 is 5.32 Å². The van der Waals surface area contributed by atoms with E-state index in [4.69, 9.17) is 11.6 Å². The Morgan fingerprint density at radius 3 is 2.81 bits per heavy atom. The summed E-state index contributed by atoms with van der Waals surface area (Å²) in [4.78, 5) is 16.9. The molecule has 1 aromatic carbocycles. The van der Waals surface area contributed by atoms with E-state index in [1.165, 1.54) is 0 Å². The number of amides is 1. The minimum atomic E-state index is -0.219. The summed E-state index contributed by atoms with van der Waals surface area (Å²) in [6, 6.07) is 7.33. The van der Waals surface area contributed by atoms with Crippen LogP contribution in [-0.2, 0) is 6.54 Å². The SMILES string of the molecule is CCn1cc(Cl)c2cnc(NC(=O)c3ccc(C(C)CO)c(C)c3)cc21. The van der Waals surface area contributed by atoms with Gasteiger partial charge >= 0.3 is 0 Å². The number of pyridine rings is 1. The van der Waals surface area contributed by atoms with Gasteiger partial charge in [-0.1, -0.05) is 24.6 Å². The van der Waals surface area contributed by atoms with Crippen LogP contribution >= 0.6 is 11.6 Å². The topological polar surface area (TPSA) is 67.2 Å². The molecule has 0 saturated heterocycles. The van der Waals surface area contributed by atoms with Crippen LogP contribution in [0.2, 0.25) is 5.02 Å². The molecule has 26 heavy (non-hydrogen) atoms. The number of aliphatic hydroxyl groups is 1. The van der Waals surface area contributed by atoms with E-state index < -0.39 is 0 Å². The van der Waals surface area contributed by atoms with Crippen molar-refractivity contribution in [3.63, 3.8) is 0 Å². The molecule has 1 atom stereocenters. The van der Waals surface area contributed by atoms with Gasteiger partial charge in [-0.15, -0.1) is 0 Å². The van der Waals surface area contributed by atoms with Crippen LogP contribution in [0.25, 0.3) is 10.9 Å². The standard InChI is InChI=1S/C20H22ClN3O2/c1-4-24-10-17(21)16-9-22-19(8-18(16)24)23-20(26)14-5-6-15(12(2)7-14)13(3)11-25/h5-10,13,25H,4,11H2,1-3H3,(H,22,23,26). The maximum absolute atomic E-state index is 12.6. The third-order valence-electron chi connectivity index (χ3n) is 4.64. The van der Waals surface area contributed by atoms with Gasteiger partial charge in [0.25, 0.3) is 5.91 Å². The van der Waals surface area contributed by atoms with Gasteiger partial charge in [-0.3, -0.25) is 4.79 Å². The molecule has 2 N–H and O–H groups in total. The summed E-state index contributed by atoms with van der Waals surface area (Å²) in [6.45, 7) is 6.79. The van der Waals surface area contributed by atoms with E-state index in [0.29, 0.717) is 16.4 Å². The van der Waals surface area contributed by atoms with Gasteiger partial charge in [0, 0.05) is 48.5 Å². The molecule has 1 unspecified atom stereocenters. The predicted octanol–water partition coefficient (Wildman–Crippen LogP) is 4.37. The number of carbonyl (C=O) groups excluding carboxylic acids is 1. The highest BCUT2D eigenvalue weighted by atomic mass is 35.5. The number of nitrogens with zero attached hydrogens (tertiary/aromatic N) is 2. The second-order valence-corrected chi connectivity index (χ2v) is 6.87. The van der Waals surface area contributed by atoms with Crippen LogP contribution in [0, 0.1) is 6.92 Å². The minimum Gasteiger partial charge on any atom is -0.396 e. The summed E-state index contributed by atoms with van der Waals surface area (Å²) < 4.78 is 2.02. The molecule has 3 aromatic rings. The Kier molecular flexibility index (Phi) is 5.30. The molecular weight excluding hydrogens is 350 g/mol. The number of hydrogen-bond donors (Lipinski definition) is 2. The van der Waals surface area contributed by atoms with Crippen molar-refractivity contribution in [1.29, 1.82) is 0 Å². The minimum absolute atomic E-state index is 0.0442. The number of hydrogen-bond acceptors (Lipinski definition) is 3. The summed E-state index contributed by atoms with van der Waals surface area (Å²) in [5, 5.41) is 13.7. The van der Waals surface area contributed by atoms with Crippen molar-refractivity contribution in [2.75, 3.05) is 11.9 Å². The summed E-state index contributed by atoms with van der Waals surface area (Å²) >= 11 is 6.21. The lowest BCUT2D eigenvalue weighted by molar-refractivity contribution is 0.102. The Morgan fingerprint density at radius 2 is 2.15 bits per heavy atom. The largest absolute Gasteiger partial charge is 0.396 e. The van der Waals surface area contributed by atoms with Crippen molar-refractivity contribution in [3.8, 4) is 0 Å². The number of halogens is 1. The number of aryl methyl sites for hydroxylation is 2.